The number of hydrogen-bond acceptors (Lipinski definition) is 0. The molecule has 0 nitrogen and oxygen atoms in total. The standard InChI is InChI=1S/C20H38/c1-9-11-19(7)13-14-20(8,12-10-2)18(6)16(4)15(3)17(19)5/h17-18H,9-14H2,1-8H3. The summed E-state index contributed by atoms with van der Waals surface area (Å²) < 4.78 is 0. The van der Waals surface area contributed by atoms with Gasteiger partial charge in [-0.3, -0.25) is 0 Å². The van der Waals surface area contributed by atoms with Gasteiger partial charge in [-0.15, -0.1) is 0 Å². The highest BCUT2D eigenvalue weighted by atomic mass is 14.5. The van der Waals surface area contributed by atoms with Crippen molar-refractivity contribution < 1.29 is 0 Å². The molecule has 0 aromatic carbocycles. The van der Waals surface area contributed by atoms with Crippen molar-refractivity contribution in [2.45, 2.75) is 93.9 Å². The average molecular weight is 279 g/mol. The molecule has 1 rings (SSSR count). The van der Waals surface area contributed by atoms with Gasteiger partial charge in [0.2, 0.25) is 0 Å². The second-order valence-corrected chi connectivity index (χ2v) is 8.12. The number of allylic oxidation sites excluding steroid dienone is 2. The molecule has 118 valence electrons. The van der Waals surface area contributed by atoms with Gasteiger partial charge in [-0.25, -0.2) is 0 Å². The molecule has 0 aromatic rings. The van der Waals surface area contributed by atoms with Crippen molar-refractivity contribution in [3.63, 3.8) is 0 Å². The molecule has 0 spiro atoms. The van der Waals surface area contributed by atoms with Crippen LogP contribution in [0, 0.1) is 22.7 Å². The molecule has 0 heterocycles. The number of rotatable bonds is 4. The van der Waals surface area contributed by atoms with Crippen LogP contribution in [0.2, 0.25) is 0 Å². The smallest absolute Gasteiger partial charge is 0.0178 e. The average Bonchev–Trinajstić information content (AvgIpc) is 2.42. The fourth-order valence-electron chi connectivity index (χ4n) is 4.56. The molecule has 4 atom stereocenters. The summed E-state index contributed by atoms with van der Waals surface area (Å²) in [5.41, 5.74) is 4.34. The van der Waals surface area contributed by atoms with Gasteiger partial charge in [0.25, 0.3) is 0 Å². The summed E-state index contributed by atoms with van der Waals surface area (Å²) in [6.45, 7) is 19.5. The van der Waals surface area contributed by atoms with Crippen LogP contribution in [0.3, 0.4) is 0 Å². The van der Waals surface area contributed by atoms with Crippen molar-refractivity contribution in [3.05, 3.63) is 11.1 Å². The van der Waals surface area contributed by atoms with Crippen LogP contribution in [0.5, 0.6) is 0 Å². The molecule has 0 saturated heterocycles. The molecule has 1 aliphatic carbocycles. The van der Waals surface area contributed by atoms with Gasteiger partial charge in [0, 0.05) is 0 Å². The van der Waals surface area contributed by atoms with Crippen LogP contribution in [0.25, 0.3) is 0 Å². The zero-order valence-corrected chi connectivity index (χ0v) is 15.4. The summed E-state index contributed by atoms with van der Waals surface area (Å²) in [6, 6.07) is 0. The summed E-state index contributed by atoms with van der Waals surface area (Å²) in [5, 5.41) is 0. The third-order valence-corrected chi connectivity index (χ3v) is 6.92. The lowest BCUT2D eigenvalue weighted by Crippen LogP contribution is -2.36. The molecule has 0 bridgehead atoms. The Balaban J connectivity index is 3.23. The second-order valence-electron chi connectivity index (χ2n) is 8.12. The largest absolute Gasteiger partial charge is 0.0707 e. The topological polar surface area (TPSA) is 0 Å². The van der Waals surface area contributed by atoms with E-state index in [0.717, 1.165) is 11.8 Å². The van der Waals surface area contributed by atoms with Gasteiger partial charge in [-0.1, -0.05) is 65.5 Å². The Hall–Kier alpha value is -0.260. The molecule has 0 saturated carbocycles. The Kier molecular flexibility index (Phi) is 5.93. The van der Waals surface area contributed by atoms with Crippen molar-refractivity contribution in [1.82, 2.24) is 0 Å². The minimum atomic E-state index is 0.495. The van der Waals surface area contributed by atoms with Crippen molar-refractivity contribution in [2.75, 3.05) is 0 Å². The molecule has 4 unspecified atom stereocenters. The van der Waals surface area contributed by atoms with Crippen LogP contribution in [0.15, 0.2) is 11.1 Å². The van der Waals surface area contributed by atoms with Gasteiger partial charge in [-0.05, 0) is 62.2 Å². The summed E-state index contributed by atoms with van der Waals surface area (Å²) in [6.07, 6.45) is 8.16. The zero-order chi connectivity index (χ0) is 15.6. The molecular formula is C20H38. The molecule has 0 heteroatoms. The predicted molar refractivity (Wildman–Crippen MR) is 92.0 cm³/mol. The molecule has 1 aliphatic rings. The van der Waals surface area contributed by atoms with Crippen molar-refractivity contribution >= 4 is 0 Å². The van der Waals surface area contributed by atoms with Crippen molar-refractivity contribution in [1.29, 1.82) is 0 Å². The van der Waals surface area contributed by atoms with Crippen LogP contribution >= 0.6 is 0 Å². The third-order valence-electron chi connectivity index (χ3n) is 6.92. The van der Waals surface area contributed by atoms with E-state index < -0.39 is 0 Å². The molecule has 0 aliphatic heterocycles. The predicted octanol–water partition coefficient (Wildman–Crippen LogP) is 7.00. The first kappa shape index (κ1) is 17.8. The van der Waals surface area contributed by atoms with E-state index in [0.29, 0.717) is 10.8 Å². The Labute approximate surface area is 128 Å². The Morgan fingerprint density at radius 2 is 1.10 bits per heavy atom. The maximum atomic E-state index is 2.54. The monoisotopic (exact) mass is 278 g/mol. The van der Waals surface area contributed by atoms with E-state index in [1.54, 1.807) is 11.1 Å². The maximum absolute atomic E-state index is 2.54. The minimum Gasteiger partial charge on any atom is -0.0707 e. The summed E-state index contributed by atoms with van der Waals surface area (Å²) >= 11 is 0. The minimum absolute atomic E-state index is 0.495. The highest BCUT2D eigenvalue weighted by Crippen LogP contribution is 2.51. The van der Waals surface area contributed by atoms with Gasteiger partial charge in [-0.2, -0.15) is 0 Å². The van der Waals surface area contributed by atoms with E-state index in [1.807, 2.05) is 0 Å². The lowest BCUT2D eigenvalue weighted by molar-refractivity contribution is 0.102. The fraction of sp³-hybridized carbons (Fsp3) is 0.900. The van der Waals surface area contributed by atoms with Gasteiger partial charge < -0.3 is 0 Å². The fourth-order valence-corrected chi connectivity index (χ4v) is 4.56. The molecule has 0 radical (unpaired) electrons. The molecule has 20 heavy (non-hydrogen) atoms. The lowest BCUT2D eigenvalue weighted by atomic mass is 9.58. The summed E-state index contributed by atoms with van der Waals surface area (Å²) in [5.74, 6) is 1.46. The third kappa shape index (κ3) is 3.31. The molecule has 0 aromatic heterocycles. The lowest BCUT2D eigenvalue weighted by Gasteiger charge is -2.47. The first-order chi connectivity index (χ1) is 9.22. The number of hydrogen-bond donors (Lipinski definition) is 0. The van der Waals surface area contributed by atoms with Crippen molar-refractivity contribution in [2.24, 2.45) is 22.7 Å². The van der Waals surface area contributed by atoms with Gasteiger partial charge in [0.05, 0.1) is 0 Å². The molecular weight excluding hydrogens is 240 g/mol. The quantitative estimate of drug-likeness (QED) is 0.485. The van der Waals surface area contributed by atoms with Crippen LogP contribution in [0.1, 0.15) is 93.9 Å². The van der Waals surface area contributed by atoms with E-state index in [9.17, 15) is 0 Å². The molecule has 0 amide bonds. The van der Waals surface area contributed by atoms with Crippen LogP contribution in [-0.4, -0.2) is 0 Å². The zero-order valence-electron chi connectivity index (χ0n) is 15.4. The van der Waals surface area contributed by atoms with Crippen LogP contribution in [0.4, 0.5) is 0 Å². The SMILES string of the molecule is CCCC1(C)CCC(C)(CCC)C(C)C(C)=C(C)C1C. The highest BCUT2D eigenvalue weighted by Gasteiger charge is 2.40. The van der Waals surface area contributed by atoms with Crippen LogP contribution in [-0.2, 0) is 0 Å². The highest BCUT2D eigenvalue weighted by molar-refractivity contribution is 5.20. The Morgan fingerprint density at radius 1 is 0.800 bits per heavy atom. The summed E-state index contributed by atoms with van der Waals surface area (Å²) in [4.78, 5) is 0. The normalized spacial score (nSPS) is 39.6. The first-order valence-corrected chi connectivity index (χ1v) is 8.89. The Morgan fingerprint density at radius 3 is 1.35 bits per heavy atom. The van der Waals surface area contributed by atoms with Gasteiger partial charge in [0.1, 0.15) is 0 Å². The van der Waals surface area contributed by atoms with E-state index in [4.69, 9.17) is 0 Å². The van der Waals surface area contributed by atoms with Gasteiger partial charge in [0.15, 0.2) is 0 Å². The second kappa shape index (κ2) is 6.67. The van der Waals surface area contributed by atoms with E-state index in [-0.39, 0.29) is 0 Å². The van der Waals surface area contributed by atoms with Crippen molar-refractivity contribution in [3.8, 4) is 0 Å². The molecule has 0 N–H and O–H groups in total. The van der Waals surface area contributed by atoms with E-state index >= 15 is 0 Å². The van der Waals surface area contributed by atoms with E-state index in [1.165, 1.54) is 38.5 Å². The summed E-state index contributed by atoms with van der Waals surface area (Å²) in [7, 11) is 0. The van der Waals surface area contributed by atoms with Gasteiger partial charge >= 0.3 is 0 Å². The van der Waals surface area contributed by atoms with E-state index in [2.05, 4.69) is 55.4 Å². The first-order valence-electron chi connectivity index (χ1n) is 8.89. The maximum Gasteiger partial charge on any atom is -0.0178 e. The molecule has 0 fully saturated rings. The Bertz CT molecular complexity index is 317. The van der Waals surface area contributed by atoms with Crippen LogP contribution < -0.4 is 0 Å².